The van der Waals surface area contributed by atoms with Crippen LogP contribution in [-0.2, 0) is 4.79 Å². The second-order valence-corrected chi connectivity index (χ2v) is 6.81. The summed E-state index contributed by atoms with van der Waals surface area (Å²) >= 11 is 5.91. The molecule has 1 amide bonds. The highest BCUT2D eigenvalue weighted by Gasteiger charge is 2.29. The quantitative estimate of drug-likeness (QED) is 0.690. The first kappa shape index (κ1) is 19.6. The maximum absolute atomic E-state index is 12.1. The Kier molecular flexibility index (Phi) is 6.11. The van der Waals surface area contributed by atoms with Crippen LogP contribution in [0.25, 0.3) is 5.57 Å². The van der Waals surface area contributed by atoms with E-state index in [0.29, 0.717) is 10.8 Å². The predicted molar refractivity (Wildman–Crippen MR) is 106 cm³/mol. The first-order valence-corrected chi connectivity index (χ1v) is 8.46. The van der Waals surface area contributed by atoms with E-state index < -0.39 is 5.60 Å². The summed E-state index contributed by atoms with van der Waals surface area (Å²) in [5.74, 6) is 0.0993. The van der Waals surface area contributed by atoms with E-state index in [9.17, 15) is 4.79 Å². The smallest absolute Gasteiger partial charge is 0.263 e. The summed E-state index contributed by atoms with van der Waals surface area (Å²) in [6.07, 6.45) is 0. The van der Waals surface area contributed by atoms with E-state index in [4.69, 9.17) is 21.4 Å². The van der Waals surface area contributed by atoms with E-state index in [1.54, 1.807) is 26.0 Å². The largest absolute Gasteiger partial charge is 0.511 e. The number of halogens is 1. The first-order valence-electron chi connectivity index (χ1n) is 8.08. The summed E-state index contributed by atoms with van der Waals surface area (Å²) in [6.45, 7) is 10.8. The molecule has 5 heteroatoms. The van der Waals surface area contributed by atoms with Gasteiger partial charge < -0.3 is 15.2 Å². The molecule has 0 aromatic heterocycles. The van der Waals surface area contributed by atoms with Crippen molar-refractivity contribution in [3.05, 3.63) is 83.6 Å². The zero-order valence-corrected chi connectivity index (χ0v) is 15.6. The van der Waals surface area contributed by atoms with Crippen molar-refractivity contribution >= 4 is 23.1 Å². The zero-order valence-electron chi connectivity index (χ0n) is 14.9. The molecule has 26 heavy (non-hydrogen) atoms. The van der Waals surface area contributed by atoms with Gasteiger partial charge in [-0.15, -0.1) is 0 Å². The van der Waals surface area contributed by atoms with Crippen molar-refractivity contribution in [2.75, 3.05) is 6.54 Å². The van der Waals surface area contributed by atoms with E-state index in [1.807, 2.05) is 36.4 Å². The van der Waals surface area contributed by atoms with Crippen LogP contribution < -0.4 is 10.1 Å². The summed E-state index contributed by atoms with van der Waals surface area (Å²) in [7, 11) is 0. The Morgan fingerprint density at radius 2 is 1.58 bits per heavy atom. The van der Waals surface area contributed by atoms with Gasteiger partial charge in [0.2, 0.25) is 0 Å². The molecule has 0 saturated heterocycles. The second-order valence-electron chi connectivity index (χ2n) is 6.37. The Balaban J connectivity index is 2.06. The molecule has 0 aliphatic carbocycles. The highest BCUT2D eigenvalue weighted by Crippen LogP contribution is 2.26. The molecule has 0 aliphatic rings. The van der Waals surface area contributed by atoms with Gasteiger partial charge in [0, 0.05) is 5.02 Å². The van der Waals surface area contributed by atoms with Crippen LogP contribution in [0.1, 0.15) is 25.0 Å². The second kappa shape index (κ2) is 8.11. The molecule has 2 aromatic carbocycles. The number of aliphatic hydroxyl groups is 1. The number of benzene rings is 2. The zero-order chi connectivity index (χ0) is 19.3. The van der Waals surface area contributed by atoms with Crippen molar-refractivity contribution in [3.8, 4) is 5.75 Å². The molecule has 0 bridgehead atoms. The van der Waals surface area contributed by atoms with E-state index in [-0.39, 0.29) is 18.2 Å². The average molecular weight is 372 g/mol. The number of aliphatic hydroxyl groups excluding tert-OH is 1. The van der Waals surface area contributed by atoms with Gasteiger partial charge in [-0.1, -0.05) is 49.0 Å². The number of ether oxygens (including phenoxy) is 1. The molecule has 136 valence electrons. The molecule has 0 fully saturated rings. The number of carbonyl (C=O) groups is 1. The lowest BCUT2D eigenvalue weighted by molar-refractivity contribution is -0.134. The predicted octanol–water partition coefficient (Wildman–Crippen LogP) is 4.75. The highest BCUT2D eigenvalue weighted by atomic mass is 35.5. The lowest BCUT2D eigenvalue weighted by Crippen LogP contribution is -2.47. The molecule has 0 aliphatic heterocycles. The van der Waals surface area contributed by atoms with Crippen LogP contribution in [0.5, 0.6) is 5.75 Å². The van der Waals surface area contributed by atoms with E-state index in [0.717, 1.165) is 16.7 Å². The third kappa shape index (κ3) is 5.14. The van der Waals surface area contributed by atoms with Gasteiger partial charge in [-0.3, -0.25) is 4.79 Å². The van der Waals surface area contributed by atoms with Gasteiger partial charge in [0.25, 0.3) is 5.91 Å². The van der Waals surface area contributed by atoms with Gasteiger partial charge in [-0.25, -0.2) is 0 Å². The number of hydrogen-bond acceptors (Lipinski definition) is 3. The third-order valence-corrected chi connectivity index (χ3v) is 4.02. The van der Waals surface area contributed by atoms with Crippen molar-refractivity contribution < 1.29 is 14.6 Å². The fourth-order valence-corrected chi connectivity index (χ4v) is 2.40. The topological polar surface area (TPSA) is 58.6 Å². The fraction of sp³-hybridized carbons (Fsp3) is 0.190. The van der Waals surface area contributed by atoms with E-state index >= 15 is 0 Å². The molecular formula is C21H22ClNO3. The van der Waals surface area contributed by atoms with Gasteiger partial charge in [0.05, 0.1) is 6.54 Å². The Labute approximate surface area is 158 Å². The Hall–Kier alpha value is -2.72. The minimum atomic E-state index is -1.09. The Morgan fingerprint density at radius 3 is 2.08 bits per heavy atom. The van der Waals surface area contributed by atoms with Gasteiger partial charge in [0.15, 0.2) is 5.60 Å². The van der Waals surface area contributed by atoms with Crippen LogP contribution in [0, 0.1) is 0 Å². The summed E-state index contributed by atoms with van der Waals surface area (Å²) < 4.78 is 5.78. The maximum Gasteiger partial charge on any atom is 0.263 e. The molecule has 0 unspecified atom stereocenters. The molecule has 2 aromatic rings. The van der Waals surface area contributed by atoms with Crippen LogP contribution in [-0.4, -0.2) is 23.2 Å². The van der Waals surface area contributed by atoms with Crippen LogP contribution in [0.15, 0.2) is 67.4 Å². The molecule has 0 saturated carbocycles. The van der Waals surface area contributed by atoms with Gasteiger partial charge in [-0.2, -0.15) is 0 Å². The van der Waals surface area contributed by atoms with Crippen molar-refractivity contribution in [2.24, 2.45) is 0 Å². The number of hydrogen-bond donors (Lipinski definition) is 2. The SMILES string of the molecule is C=C(O)CNC(=O)C(C)(C)Oc1ccc(C(=C)c2ccc(Cl)cc2)cc1. The number of carbonyl (C=O) groups excluding carboxylic acids is 1. The monoisotopic (exact) mass is 371 g/mol. The number of rotatable bonds is 7. The lowest BCUT2D eigenvalue weighted by atomic mass is 9.99. The third-order valence-electron chi connectivity index (χ3n) is 3.77. The maximum atomic E-state index is 12.1. The molecule has 0 spiro atoms. The van der Waals surface area contributed by atoms with Crippen LogP contribution in [0.3, 0.4) is 0 Å². The lowest BCUT2D eigenvalue weighted by Gasteiger charge is -2.25. The van der Waals surface area contributed by atoms with Crippen molar-refractivity contribution in [2.45, 2.75) is 19.4 Å². The summed E-state index contributed by atoms with van der Waals surface area (Å²) in [4.78, 5) is 12.1. The number of nitrogens with one attached hydrogen (secondary N) is 1. The van der Waals surface area contributed by atoms with Gasteiger partial charge >= 0.3 is 0 Å². The molecule has 0 radical (unpaired) electrons. The molecule has 0 atom stereocenters. The summed E-state index contributed by atoms with van der Waals surface area (Å²) in [6, 6.07) is 14.8. The Morgan fingerprint density at radius 1 is 1.08 bits per heavy atom. The van der Waals surface area contributed by atoms with Crippen molar-refractivity contribution in [1.29, 1.82) is 0 Å². The minimum Gasteiger partial charge on any atom is -0.511 e. The number of amides is 1. The average Bonchev–Trinajstić information content (AvgIpc) is 2.60. The van der Waals surface area contributed by atoms with Crippen molar-refractivity contribution in [1.82, 2.24) is 5.32 Å². The van der Waals surface area contributed by atoms with Crippen LogP contribution in [0.2, 0.25) is 5.02 Å². The normalized spacial score (nSPS) is 10.9. The van der Waals surface area contributed by atoms with Crippen molar-refractivity contribution in [3.63, 3.8) is 0 Å². The molecular weight excluding hydrogens is 350 g/mol. The Bertz CT molecular complexity index is 808. The van der Waals surface area contributed by atoms with Crippen LogP contribution >= 0.6 is 11.6 Å². The summed E-state index contributed by atoms with van der Waals surface area (Å²) in [5, 5.41) is 12.3. The molecule has 2 N–H and O–H groups in total. The summed E-state index contributed by atoms with van der Waals surface area (Å²) in [5.41, 5.74) is 1.70. The van der Waals surface area contributed by atoms with Crippen LogP contribution in [0.4, 0.5) is 0 Å². The highest BCUT2D eigenvalue weighted by molar-refractivity contribution is 6.30. The van der Waals surface area contributed by atoms with Gasteiger partial charge in [0.1, 0.15) is 11.5 Å². The van der Waals surface area contributed by atoms with E-state index in [1.165, 1.54) is 0 Å². The minimum absolute atomic E-state index is 0.00845. The van der Waals surface area contributed by atoms with Gasteiger partial charge in [-0.05, 0) is 54.8 Å². The first-order chi connectivity index (χ1) is 12.2. The molecule has 0 heterocycles. The molecule has 4 nitrogen and oxygen atoms in total. The van der Waals surface area contributed by atoms with E-state index in [2.05, 4.69) is 18.5 Å². The standard InChI is InChI=1S/C21H22ClNO3/c1-14(24)13-23-20(25)21(3,4)26-19-11-7-17(8-12-19)15(2)16-5-9-18(22)10-6-16/h5-12,24H,1-2,13H2,3-4H3,(H,23,25). The fourth-order valence-electron chi connectivity index (χ4n) is 2.28. The molecule has 2 rings (SSSR count).